The second-order valence-electron chi connectivity index (χ2n) is 5.77. The van der Waals surface area contributed by atoms with Crippen LogP contribution in [0, 0.1) is 0 Å². The number of carbonyl (C=O) groups excluding carboxylic acids is 1. The Hall–Kier alpha value is -2.43. The number of hydrogen-bond acceptors (Lipinski definition) is 3. The lowest BCUT2D eigenvalue weighted by molar-refractivity contribution is 0.102. The number of hydrogen-bond donors (Lipinski definition) is 1. The van der Waals surface area contributed by atoms with Gasteiger partial charge in [-0.2, -0.15) is 0 Å². The molecule has 3 aromatic rings. The standard InChI is InChI=1S/C20H20N2OS/c1-22(15-19-8-5-13-24-19)14-16-9-11-17(12-10-16)20(23)21-18-6-3-2-4-7-18/h2-13H,14-15H2,1H3,(H,21,23). The van der Waals surface area contributed by atoms with E-state index in [9.17, 15) is 4.79 Å². The Balaban J connectivity index is 1.57. The van der Waals surface area contributed by atoms with E-state index in [2.05, 4.69) is 34.8 Å². The lowest BCUT2D eigenvalue weighted by Crippen LogP contribution is -2.17. The zero-order valence-electron chi connectivity index (χ0n) is 13.6. The second-order valence-corrected chi connectivity index (χ2v) is 6.80. The van der Waals surface area contributed by atoms with Gasteiger partial charge < -0.3 is 5.32 Å². The Morgan fingerprint density at radius 1 is 0.958 bits per heavy atom. The SMILES string of the molecule is CN(Cc1ccc(C(=O)Nc2ccccc2)cc1)Cc1cccs1. The molecule has 24 heavy (non-hydrogen) atoms. The van der Waals surface area contributed by atoms with Crippen molar-refractivity contribution in [1.82, 2.24) is 4.90 Å². The van der Waals surface area contributed by atoms with Crippen molar-refractivity contribution < 1.29 is 4.79 Å². The van der Waals surface area contributed by atoms with Crippen LogP contribution in [-0.4, -0.2) is 17.9 Å². The Bertz CT molecular complexity index is 767. The molecule has 1 amide bonds. The summed E-state index contributed by atoms with van der Waals surface area (Å²) < 4.78 is 0. The molecule has 122 valence electrons. The summed E-state index contributed by atoms with van der Waals surface area (Å²) in [5, 5.41) is 5.00. The first-order valence-electron chi connectivity index (χ1n) is 7.87. The van der Waals surface area contributed by atoms with Gasteiger partial charge in [0.05, 0.1) is 0 Å². The molecule has 0 unspecified atom stereocenters. The van der Waals surface area contributed by atoms with Gasteiger partial charge in [-0.3, -0.25) is 9.69 Å². The van der Waals surface area contributed by atoms with Crippen LogP contribution in [0.25, 0.3) is 0 Å². The molecule has 1 N–H and O–H groups in total. The van der Waals surface area contributed by atoms with Crippen molar-refractivity contribution in [3.8, 4) is 0 Å². The summed E-state index contributed by atoms with van der Waals surface area (Å²) in [6.45, 7) is 1.80. The summed E-state index contributed by atoms with van der Waals surface area (Å²) in [4.78, 5) is 15.9. The Labute approximate surface area is 146 Å². The molecule has 0 bridgehead atoms. The van der Waals surface area contributed by atoms with E-state index in [-0.39, 0.29) is 5.91 Å². The van der Waals surface area contributed by atoms with Gasteiger partial charge in [0.2, 0.25) is 0 Å². The zero-order valence-corrected chi connectivity index (χ0v) is 14.4. The maximum Gasteiger partial charge on any atom is 0.255 e. The fourth-order valence-corrected chi connectivity index (χ4v) is 3.31. The minimum Gasteiger partial charge on any atom is -0.322 e. The van der Waals surface area contributed by atoms with Crippen molar-refractivity contribution >= 4 is 22.9 Å². The van der Waals surface area contributed by atoms with Crippen molar-refractivity contribution in [2.24, 2.45) is 0 Å². The van der Waals surface area contributed by atoms with Gasteiger partial charge in [-0.25, -0.2) is 0 Å². The summed E-state index contributed by atoms with van der Waals surface area (Å²) in [7, 11) is 2.11. The predicted octanol–water partition coefficient (Wildman–Crippen LogP) is 4.63. The molecule has 1 aromatic heterocycles. The molecule has 1 heterocycles. The van der Waals surface area contributed by atoms with Crippen molar-refractivity contribution in [1.29, 1.82) is 0 Å². The third-order valence-electron chi connectivity index (χ3n) is 3.71. The average molecular weight is 336 g/mol. The molecule has 3 nitrogen and oxygen atoms in total. The fourth-order valence-electron chi connectivity index (χ4n) is 2.52. The van der Waals surface area contributed by atoms with Crippen LogP contribution in [0.4, 0.5) is 5.69 Å². The highest BCUT2D eigenvalue weighted by Gasteiger charge is 2.07. The molecule has 0 spiro atoms. The first-order chi connectivity index (χ1) is 11.7. The van der Waals surface area contributed by atoms with Crippen LogP contribution in [0.2, 0.25) is 0 Å². The molecule has 0 atom stereocenters. The molecular formula is C20H20N2OS. The van der Waals surface area contributed by atoms with E-state index in [1.54, 1.807) is 11.3 Å². The van der Waals surface area contributed by atoms with E-state index in [1.165, 1.54) is 10.4 Å². The first kappa shape index (κ1) is 16.4. The number of nitrogens with zero attached hydrogens (tertiary/aromatic N) is 1. The van der Waals surface area contributed by atoms with Crippen LogP contribution in [0.3, 0.4) is 0 Å². The maximum absolute atomic E-state index is 12.2. The number of thiophene rings is 1. The molecule has 4 heteroatoms. The van der Waals surface area contributed by atoms with Gasteiger partial charge in [0.25, 0.3) is 5.91 Å². The lowest BCUT2D eigenvalue weighted by Gasteiger charge is -2.16. The minimum absolute atomic E-state index is 0.0836. The molecule has 0 aliphatic carbocycles. The molecule has 0 radical (unpaired) electrons. The van der Waals surface area contributed by atoms with Crippen molar-refractivity contribution in [3.05, 3.63) is 88.1 Å². The highest BCUT2D eigenvalue weighted by atomic mass is 32.1. The van der Waals surface area contributed by atoms with Gasteiger partial charge in [0.15, 0.2) is 0 Å². The van der Waals surface area contributed by atoms with E-state index in [4.69, 9.17) is 0 Å². The summed E-state index contributed by atoms with van der Waals surface area (Å²) in [5.74, 6) is -0.0836. The average Bonchev–Trinajstić information content (AvgIpc) is 3.09. The number of rotatable bonds is 6. The lowest BCUT2D eigenvalue weighted by atomic mass is 10.1. The smallest absolute Gasteiger partial charge is 0.255 e. The van der Waals surface area contributed by atoms with E-state index in [0.29, 0.717) is 5.56 Å². The highest BCUT2D eigenvalue weighted by molar-refractivity contribution is 7.09. The Kier molecular flexibility index (Phi) is 5.41. The third kappa shape index (κ3) is 4.54. The summed E-state index contributed by atoms with van der Waals surface area (Å²) in [6.07, 6.45) is 0. The van der Waals surface area contributed by atoms with E-state index < -0.39 is 0 Å². The van der Waals surface area contributed by atoms with Crippen LogP contribution in [0.15, 0.2) is 72.1 Å². The van der Waals surface area contributed by atoms with Gasteiger partial charge in [0, 0.05) is 29.2 Å². The van der Waals surface area contributed by atoms with Crippen molar-refractivity contribution in [2.45, 2.75) is 13.1 Å². The second kappa shape index (κ2) is 7.90. The summed E-state index contributed by atoms with van der Waals surface area (Å²) in [5.41, 5.74) is 2.68. The first-order valence-corrected chi connectivity index (χ1v) is 8.75. The summed E-state index contributed by atoms with van der Waals surface area (Å²) >= 11 is 1.77. The number of amides is 1. The fraction of sp³-hybridized carbons (Fsp3) is 0.150. The van der Waals surface area contributed by atoms with E-state index in [1.807, 2.05) is 54.6 Å². The van der Waals surface area contributed by atoms with Gasteiger partial charge in [-0.15, -0.1) is 11.3 Å². The Morgan fingerprint density at radius 2 is 1.71 bits per heavy atom. The minimum atomic E-state index is -0.0836. The van der Waals surface area contributed by atoms with Crippen molar-refractivity contribution in [3.63, 3.8) is 0 Å². The molecule has 0 saturated heterocycles. The Morgan fingerprint density at radius 3 is 2.38 bits per heavy atom. The molecule has 0 aliphatic heterocycles. The normalized spacial score (nSPS) is 10.8. The molecule has 2 aromatic carbocycles. The summed E-state index contributed by atoms with van der Waals surface area (Å²) in [6, 6.07) is 21.5. The highest BCUT2D eigenvalue weighted by Crippen LogP contribution is 2.14. The number of para-hydroxylation sites is 1. The van der Waals surface area contributed by atoms with Gasteiger partial charge in [-0.1, -0.05) is 36.4 Å². The number of nitrogens with one attached hydrogen (secondary N) is 1. The third-order valence-corrected chi connectivity index (χ3v) is 4.57. The van der Waals surface area contributed by atoms with E-state index >= 15 is 0 Å². The van der Waals surface area contributed by atoms with Crippen LogP contribution < -0.4 is 5.32 Å². The molecule has 0 saturated carbocycles. The van der Waals surface area contributed by atoms with Gasteiger partial charge in [-0.05, 0) is 48.3 Å². The molecule has 3 rings (SSSR count). The molecule has 0 aliphatic rings. The molecule has 0 fully saturated rings. The van der Waals surface area contributed by atoms with Gasteiger partial charge >= 0.3 is 0 Å². The van der Waals surface area contributed by atoms with Crippen LogP contribution in [0.5, 0.6) is 0 Å². The topological polar surface area (TPSA) is 32.3 Å². The quantitative estimate of drug-likeness (QED) is 0.711. The molecular weight excluding hydrogens is 316 g/mol. The van der Waals surface area contributed by atoms with Crippen LogP contribution >= 0.6 is 11.3 Å². The van der Waals surface area contributed by atoms with Crippen LogP contribution in [-0.2, 0) is 13.1 Å². The number of benzene rings is 2. The predicted molar refractivity (Wildman–Crippen MR) is 100 cm³/mol. The van der Waals surface area contributed by atoms with Crippen molar-refractivity contribution in [2.75, 3.05) is 12.4 Å². The maximum atomic E-state index is 12.2. The number of anilines is 1. The number of carbonyl (C=O) groups is 1. The largest absolute Gasteiger partial charge is 0.322 e. The zero-order chi connectivity index (χ0) is 16.8. The van der Waals surface area contributed by atoms with Crippen LogP contribution in [0.1, 0.15) is 20.8 Å². The monoisotopic (exact) mass is 336 g/mol. The van der Waals surface area contributed by atoms with E-state index in [0.717, 1.165) is 18.8 Å². The van der Waals surface area contributed by atoms with Gasteiger partial charge in [0.1, 0.15) is 0 Å².